The van der Waals surface area contributed by atoms with Gasteiger partial charge in [0.15, 0.2) is 12.4 Å². The summed E-state index contributed by atoms with van der Waals surface area (Å²) < 4.78 is 21.6. The molecule has 0 bridgehead atoms. The molecule has 0 saturated carbocycles. The lowest BCUT2D eigenvalue weighted by molar-refractivity contribution is -0.305. The normalized spacial score (nSPS) is 23.0. The van der Waals surface area contributed by atoms with Crippen molar-refractivity contribution in [2.75, 3.05) is 19.8 Å². The fraction of sp³-hybridized carbons (Fsp3) is 0.667. The molecule has 0 amide bonds. The van der Waals surface area contributed by atoms with Crippen molar-refractivity contribution in [3.63, 3.8) is 0 Å². The van der Waals surface area contributed by atoms with Crippen molar-refractivity contribution in [1.29, 1.82) is 0 Å². The molecule has 1 rings (SSSR count). The first-order chi connectivity index (χ1) is 22.3. The van der Waals surface area contributed by atoms with Gasteiger partial charge in [-0.25, -0.2) is 0 Å². The number of unbranched alkanes of at least 4 members (excludes halogenated alkanes) is 4. The van der Waals surface area contributed by atoms with Gasteiger partial charge in [0.25, 0.3) is 0 Å². The molecule has 6 atom stereocenters. The Bertz CT molecular complexity index is 939. The Morgan fingerprint density at radius 3 is 1.87 bits per heavy atom. The minimum atomic E-state index is -1.60. The quantitative estimate of drug-likeness (QED) is 0.0593. The van der Waals surface area contributed by atoms with E-state index in [1.54, 1.807) is 0 Å². The molecule has 4 N–H and O–H groups in total. The van der Waals surface area contributed by atoms with Gasteiger partial charge in [-0.3, -0.25) is 9.59 Å². The zero-order valence-corrected chi connectivity index (χ0v) is 27.8. The van der Waals surface area contributed by atoms with E-state index in [1.807, 2.05) is 6.92 Å². The summed E-state index contributed by atoms with van der Waals surface area (Å²) in [5.74, 6) is -0.896. The summed E-state index contributed by atoms with van der Waals surface area (Å²) in [7, 11) is 0. The maximum Gasteiger partial charge on any atom is 0.306 e. The zero-order chi connectivity index (χ0) is 33.8. The second-order valence-electron chi connectivity index (χ2n) is 11.2. The van der Waals surface area contributed by atoms with Crippen LogP contribution in [0.1, 0.15) is 97.3 Å². The number of carbonyl (C=O) groups excluding carboxylic acids is 2. The Kier molecular flexibility index (Phi) is 24.8. The van der Waals surface area contributed by atoms with Crippen LogP contribution in [0.15, 0.2) is 60.8 Å². The van der Waals surface area contributed by atoms with E-state index in [-0.39, 0.29) is 26.1 Å². The van der Waals surface area contributed by atoms with Gasteiger partial charge in [-0.1, -0.05) is 87.4 Å². The minimum absolute atomic E-state index is 0.187. The van der Waals surface area contributed by atoms with Crippen LogP contribution in [0.25, 0.3) is 0 Å². The average molecular weight is 651 g/mol. The Morgan fingerprint density at radius 2 is 1.28 bits per heavy atom. The van der Waals surface area contributed by atoms with Crippen LogP contribution >= 0.6 is 0 Å². The summed E-state index contributed by atoms with van der Waals surface area (Å²) in [6.45, 7) is 2.96. The fourth-order valence-electron chi connectivity index (χ4n) is 4.42. The molecule has 0 radical (unpaired) electrons. The van der Waals surface area contributed by atoms with E-state index in [1.165, 1.54) is 0 Å². The minimum Gasteiger partial charge on any atom is -0.462 e. The van der Waals surface area contributed by atoms with Crippen LogP contribution in [0.3, 0.4) is 0 Å². The fourth-order valence-corrected chi connectivity index (χ4v) is 4.42. The number of allylic oxidation sites excluding steroid dienone is 10. The number of ether oxygens (including phenoxy) is 4. The first-order valence-corrected chi connectivity index (χ1v) is 16.9. The molecule has 0 spiro atoms. The van der Waals surface area contributed by atoms with E-state index in [0.29, 0.717) is 12.8 Å². The molecule has 262 valence electrons. The Morgan fingerprint density at radius 1 is 0.696 bits per heavy atom. The van der Waals surface area contributed by atoms with Gasteiger partial charge in [0, 0.05) is 12.8 Å². The second kappa shape index (κ2) is 27.5. The van der Waals surface area contributed by atoms with Crippen molar-refractivity contribution >= 4 is 11.9 Å². The zero-order valence-electron chi connectivity index (χ0n) is 27.8. The van der Waals surface area contributed by atoms with Crippen molar-refractivity contribution < 1.29 is 49.0 Å². The highest BCUT2D eigenvalue weighted by molar-refractivity contribution is 5.70. The van der Waals surface area contributed by atoms with Crippen LogP contribution in [0.2, 0.25) is 0 Å². The SMILES string of the molecule is CC/C=C\C/C=C\C/C=C\C/C=C\C/C=C\CCCCCC(=O)OC(COC(=O)CCCC)COC1OC(CO)C(O)C(O)C1O. The summed E-state index contributed by atoms with van der Waals surface area (Å²) in [4.78, 5) is 24.5. The third kappa shape index (κ3) is 19.8. The topological polar surface area (TPSA) is 152 Å². The number of hydrogen-bond donors (Lipinski definition) is 4. The molecule has 1 heterocycles. The number of aliphatic hydroxyl groups is 4. The highest BCUT2D eigenvalue weighted by atomic mass is 16.7. The van der Waals surface area contributed by atoms with Crippen LogP contribution in [0.4, 0.5) is 0 Å². The largest absolute Gasteiger partial charge is 0.462 e. The first-order valence-electron chi connectivity index (χ1n) is 16.9. The highest BCUT2D eigenvalue weighted by Gasteiger charge is 2.44. The molecular weight excluding hydrogens is 592 g/mol. The molecule has 1 saturated heterocycles. The molecular formula is C36H58O10. The van der Waals surface area contributed by atoms with E-state index in [0.717, 1.165) is 57.8 Å². The van der Waals surface area contributed by atoms with Crippen LogP contribution in [0, 0.1) is 0 Å². The molecule has 0 aromatic rings. The van der Waals surface area contributed by atoms with Crippen molar-refractivity contribution in [2.45, 2.75) is 134 Å². The number of hydrogen-bond acceptors (Lipinski definition) is 10. The van der Waals surface area contributed by atoms with E-state index in [2.05, 4.69) is 67.7 Å². The molecule has 0 aliphatic carbocycles. The third-order valence-corrected chi connectivity index (χ3v) is 7.17. The Labute approximate surface area is 275 Å². The highest BCUT2D eigenvalue weighted by Crippen LogP contribution is 2.22. The molecule has 1 aliphatic heterocycles. The number of carbonyl (C=O) groups is 2. The van der Waals surface area contributed by atoms with Gasteiger partial charge < -0.3 is 39.4 Å². The van der Waals surface area contributed by atoms with Crippen molar-refractivity contribution in [3.8, 4) is 0 Å². The van der Waals surface area contributed by atoms with Crippen LogP contribution < -0.4 is 0 Å². The van der Waals surface area contributed by atoms with Crippen LogP contribution in [-0.4, -0.2) is 89.0 Å². The van der Waals surface area contributed by atoms with Crippen LogP contribution in [0.5, 0.6) is 0 Å². The lowest BCUT2D eigenvalue weighted by atomic mass is 9.99. The number of rotatable bonds is 25. The van der Waals surface area contributed by atoms with Gasteiger partial charge in [-0.2, -0.15) is 0 Å². The predicted molar refractivity (Wildman–Crippen MR) is 178 cm³/mol. The summed E-state index contributed by atoms with van der Waals surface area (Å²) in [6.07, 6.45) is 23.6. The average Bonchev–Trinajstić information content (AvgIpc) is 3.05. The van der Waals surface area contributed by atoms with E-state index >= 15 is 0 Å². The van der Waals surface area contributed by atoms with Crippen LogP contribution in [-0.2, 0) is 28.5 Å². The predicted octanol–water partition coefficient (Wildman–Crippen LogP) is 5.15. The molecule has 10 nitrogen and oxygen atoms in total. The maximum absolute atomic E-state index is 12.5. The molecule has 10 heteroatoms. The Balaban J connectivity index is 2.33. The number of aliphatic hydroxyl groups excluding tert-OH is 4. The number of esters is 2. The first kappa shape index (κ1) is 41.4. The van der Waals surface area contributed by atoms with Gasteiger partial charge in [-0.15, -0.1) is 0 Å². The summed E-state index contributed by atoms with van der Waals surface area (Å²) in [6, 6.07) is 0. The van der Waals surface area contributed by atoms with Gasteiger partial charge >= 0.3 is 11.9 Å². The van der Waals surface area contributed by atoms with Crippen molar-refractivity contribution in [2.24, 2.45) is 0 Å². The maximum atomic E-state index is 12.5. The smallest absolute Gasteiger partial charge is 0.306 e. The standard InChI is InChI=1S/C36H58O10/c1-3-5-7-8-9-10-11-12-13-14-15-16-17-18-19-20-21-22-23-25-32(39)45-29(27-43-31(38)24-6-4-2)28-44-36-35(42)34(41)33(40)30(26-37)46-36/h5,7,9-10,12-13,15-16,18-19,29-30,33-37,40-42H,3-4,6,8,11,14,17,20-28H2,1-2H3/b7-5-,10-9-,13-12-,16-15-,19-18-. The lowest BCUT2D eigenvalue weighted by Crippen LogP contribution is -2.59. The van der Waals surface area contributed by atoms with Crippen molar-refractivity contribution in [3.05, 3.63) is 60.8 Å². The van der Waals surface area contributed by atoms with E-state index in [9.17, 15) is 30.0 Å². The summed E-state index contributed by atoms with van der Waals surface area (Å²) >= 11 is 0. The third-order valence-electron chi connectivity index (χ3n) is 7.17. The van der Waals surface area contributed by atoms with Gasteiger partial charge in [0.2, 0.25) is 0 Å². The Hall–Kier alpha value is -2.60. The molecule has 0 aromatic carbocycles. The molecule has 1 aliphatic rings. The molecule has 1 fully saturated rings. The lowest BCUT2D eigenvalue weighted by Gasteiger charge is -2.39. The van der Waals surface area contributed by atoms with E-state index in [4.69, 9.17) is 18.9 Å². The van der Waals surface area contributed by atoms with Gasteiger partial charge in [0.05, 0.1) is 13.2 Å². The van der Waals surface area contributed by atoms with E-state index < -0.39 is 55.4 Å². The van der Waals surface area contributed by atoms with Gasteiger partial charge in [0.1, 0.15) is 31.0 Å². The summed E-state index contributed by atoms with van der Waals surface area (Å²) in [5.41, 5.74) is 0. The summed E-state index contributed by atoms with van der Waals surface area (Å²) in [5, 5.41) is 39.5. The molecule has 6 unspecified atom stereocenters. The molecule has 0 aromatic heterocycles. The van der Waals surface area contributed by atoms with Crippen molar-refractivity contribution in [1.82, 2.24) is 0 Å². The van der Waals surface area contributed by atoms with Gasteiger partial charge in [-0.05, 0) is 57.8 Å². The second-order valence-corrected chi connectivity index (χ2v) is 11.2. The monoisotopic (exact) mass is 650 g/mol. The molecule has 46 heavy (non-hydrogen) atoms.